The first-order valence-electron chi connectivity index (χ1n) is 5.01. The normalized spacial score (nSPS) is 28.5. The molecule has 0 saturated carbocycles. The molecule has 17 heavy (non-hydrogen) atoms. The molecule has 8 heteroatoms. The Hall–Kier alpha value is -1.64. The Morgan fingerprint density at radius 3 is 2.82 bits per heavy atom. The van der Waals surface area contributed by atoms with Gasteiger partial charge in [-0.2, -0.15) is 0 Å². The molecule has 1 aromatic rings. The van der Waals surface area contributed by atoms with Crippen LogP contribution in [0.2, 0.25) is 0 Å². The number of ether oxygens (including phenoxy) is 1. The maximum absolute atomic E-state index is 11.5. The van der Waals surface area contributed by atoms with Crippen molar-refractivity contribution in [3.63, 3.8) is 0 Å². The van der Waals surface area contributed by atoms with Gasteiger partial charge >= 0.3 is 5.69 Å². The van der Waals surface area contributed by atoms with E-state index in [4.69, 9.17) is 9.84 Å². The van der Waals surface area contributed by atoms with Gasteiger partial charge in [-0.15, -0.1) is 0 Å². The Labute approximate surface area is 94.7 Å². The van der Waals surface area contributed by atoms with Gasteiger partial charge in [-0.05, 0) is 0 Å². The van der Waals surface area contributed by atoms with Crippen LogP contribution in [0.5, 0.6) is 5.75 Å². The fraction of sp³-hybridized carbons (Fsp3) is 0.556. The van der Waals surface area contributed by atoms with Crippen molar-refractivity contribution in [2.24, 2.45) is 0 Å². The molecular weight excluding hydrogens is 232 g/mol. The number of hydrogen-bond donors (Lipinski definition) is 4. The smallest absolute Gasteiger partial charge is 0.330 e. The fourth-order valence-electron chi connectivity index (χ4n) is 1.76. The van der Waals surface area contributed by atoms with E-state index in [1.165, 1.54) is 0 Å². The summed E-state index contributed by atoms with van der Waals surface area (Å²) in [6.07, 6.45) is -1.52. The minimum Gasteiger partial charge on any atom is -0.502 e. The van der Waals surface area contributed by atoms with Gasteiger partial charge in [-0.25, -0.2) is 4.79 Å². The standard InChI is InChI=1S/C9H12N2O6/c12-3-4-1-5(13)8(17-4)11-2-6(14)7(15)10-9(11)16/h2,4-5,8,12-14H,1,3H2,(H,10,15,16)/t4-,5?,8+/m0/s1. The molecule has 0 radical (unpaired) electrons. The number of aromatic nitrogens is 2. The zero-order valence-electron chi connectivity index (χ0n) is 8.74. The van der Waals surface area contributed by atoms with Crippen molar-refractivity contribution >= 4 is 0 Å². The number of aromatic hydroxyl groups is 1. The van der Waals surface area contributed by atoms with Crippen molar-refractivity contribution < 1.29 is 20.1 Å². The van der Waals surface area contributed by atoms with Gasteiger partial charge in [0.15, 0.2) is 12.0 Å². The van der Waals surface area contributed by atoms with Gasteiger partial charge in [0.05, 0.1) is 18.9 Å². The summed E-state index contributed by atoms with van der Waals surface area (Å²) in [6.45, 7) is -0.280. The molecule has 3 atom stereocenters. The third-order valence-corrected chi connectivity index (χ3v) is 2.59. The molecule has 0 aromatic carbocycles. The van der Waals surface area contributed by atoms with E-state index in [9.17, 15) is 19.8 Å². The summed E-state index contributed by atoms with van der Waals surface area (Å²) in [6, 6.07) is 0. The summed E-state index contributed by atoms with van der Waals surface area (Å²) in [5.41, 5.74) is -1.70. The molecule has 2 rings (SSSR count). The third-order valence-electron chi connectivity index (χ3n) is 2.59. The van der Waals surface area contributed by atoms with E-state index in [0.29, 0.717) is 0 Å². The molecule has 0 bridgehead atoms. The number of aromatic amines is 1. The Morgan fingerprint density at radius 2 is 2.24 bits per heavy atom. The summed E-state index contributed by atoms with van der Waals surface area (Å²) in [4.78, 5) is 24.3. The van der Waals surface area contributed by atoms with Crippen molar-refractivity contribution in [2.75, 3.05) is 6.61 Å². The van der Waals surface area contributed by atoms with E-state index in [-0.39, 0.29) is 13.0 Å². The van der Waals surface area contributed by atoms with Crippen LogP contribution in [-0.2, 0) is 4.74 Å². The van der Waals surface area contributed by atoms with E-state index in [0.717, 1.165) is 10.8 Å². The highest BCUT2D eigenvalue weighted by molar-refractivity contribution is 5.09. The molecule has 94 valence electrons. The fourth-order valence-corrected chi connectivity index (χ4v) is 1.76. The van der Waals surface area contributed by atoms with Crippen LogP contribution >= 0.6 is 0 Å². The summed E-state index contributed by atoms with van der Waals surface area (Å²) in [7, 11) is 0. The lowest BCUT2D eigenvalue weighted by Gasteiger charge is -2.16. The van der Waals surface area contributed by atoms with Gasteiger partial charge in [0.25, 0.3) is 5.56 Å². The topological polar surface area (TPSA) is 125 Å². The van der Waals surface area contributed by atoms with Crippen molar-refractivity contribution in [3.8, 4) is 5.75 Å². The molecule has 1 fully saturated rings. The minimum atomic E-state index is -1.03. The Balaban J connectivity index is 2.38. The van der Waals surface area contributed by atoms with Crippen LogP contribution in [0.15, 0.2) is 15.8 Å². The lowest BCUT2D eigenvalue weighted by Crippen LogP contribution is -2.35. The highest BCUT2D eigenvalue weighted by Gasteiger charge is 2.35. The maximum Gasteiger partial charge on any atom is 0.330 e. The Bertz CT molecular complexity index is 521. The number of aliphatic hydroxyl groups is 2. The average Bonchev–Trinajstić information content (AvgIpc) is 2.65. The predicted octanol–water partition coefficient (Wildman–Crippen LogP) is -2.12. The zero-order valence-corrected chi connectivity index (χ0v) is 8.74. The van der Waals surface area contributed by atoms with Gasteiger partial charge in [0, 0.05) is 6.42 Å². The van der Waals surface area contributed by atoms with E-state index in [1.54, 1.807) is 0 Å². The van der Waals surface area contributed by atoms with Crippen molar-refractivity contribution in [2.45, 2.75) is 24.9 Å². The molecule has 1 aliphatic rings. The van der Waals surface area contributed by atoms with Gasteiger partial charge in [0.1, 0.15) is 6.10 Å². The van der Waals surface area contributed by atoms with E-state index in [1.807, 2.05) is 4.98 Å². The van der Waals surface area contributed by atoms with Gasteiger partial charge < -0.3 is 20.1 Å². The Kier molecular flexibility index (Phi) is 3.01. The van der Waals surface area contributed by atoms with Crippen LogP contribution in [0.3, 0.4) is 0 Å². The second-order valence-corrected chi connectivity index (χ2v) is 3.82. The SMILES string of the molecule is O=c1[nH]c(=O)n([C@@H]2O[C@H](CO)CC2O)cc1O. The van der Waals surface area contributed by atoms with Gasteiger partial charge in [0.2, 0.25) is 0 Å². The number of hydrogen-bond acceptors (Lipinski definition) is 6. The van der Waals surface area contributed by atoms with Crippen LogP contribution in [-0.4, -0.2) is 43.7 Å². The molecule has 0 amide bonds. The molecule has 0 aliphatic carbocycles. The van der Waals surface area contributed by atoms with Crippen molar-refractivity contribution in [1.29, 1.82) is 0 Å². The quantitative estimate of drug-likeness (QED) is 0.471. The number of nitrogens with one attached hydrogen (secondary N) is 1. The third kappa shape index (κ3) is 2.09. The number of aliphatic hydroxyl groups excluding tert-OH is 2. The maximum atomic E-state index is 11.5. The molecule has 1 unspecified atom stereocenters. The highest BCUT2D eigenvalue weighted by Crippen LogP contribution is 2.27. The second kappa shape index (κ2) is 4.32. The summed E-state index contributed by atoms with van der Waals surface area (Å²) in [5.74, 6) is -0.646. The van der Waals surface area contributed by atoms with Crippen LogP contribution in [0.25, 0.3) is 0 Å². The molecule has 2 heterocycles. The first-order valence-corrected chi connectivity index (χ1v) is 5.01. The van der Waals surface area contributed by atoms with Crippen LogP contribution in [0, 0.1) is 0 Å². The second-order valence-electron chi connectivity index (χ2n) is 3.82. The van der Waals surface area contributed by atoms with Crippen LogP contribution in [0.4, 0.5) is 0 Å². The van der Waals surface area contributed by atoms with Crippen molar-refractivity contribution in [1.82, 2.24) is 9.55 Å². The van der Waals surface area contributed by atoms with E-state index >= 15 is 0 Å². The zero-order chi connectivity index (χ0) is 12.6. The van der Waals surface area contributed by atoms with E-state index < -0.39 is 35.4 Å². The van der Waals surface area contributed by atoms with Crippen molar-refractivity contribution in [3.05, 3.63) is 27.0 Å². The molecule has 1 aliphatic heterocycles. The Morgan fingerprint density at radius 1 is 1.53 bits per heavy atom. The lowest BCUT2D eigenvalue weighted by atomic mass is 10.2. The predicted molar refractivity (Wildman–Crippen MR) is 54.6 cm³/mol. The molecular formula is C9H12N2O6. The first kappa shape index (κ1) is 11.8. The van der Waals surface area contributed by atoms with Gasteiger partial charge in [-0.3, -0.25) is 14.3 Å². The molecule has 4 N–H and O–H groups in total. The molecule has 1 aromatic heterocycles. The van der Waals surface area contributed by atoms with E-state index in [2.05, 4.69) is 0 Å². The largest absolute Gasteiger partial charge is 0.502 e. The summed E-state index contributed by atoms with van der Waals surface area (Å²) in [5, 5.41) is 27.7. The minimum absolute atomic E-state index is 0.174. The van der Waals surface area contributed by atoms with Crippen LogP contribution < -0.4 is 11.2 Å². The number of rotatable bonds is 2. The highest BCUT2D eigenvalue weighted by atomic mass is 16.5. The van der Waals surface area contributed by atoms with Crippen LogP contribution in [0.1, 0.15) is 12.6 Å². The molecule has 1 saturated heterocycles. The summed E-state index contributed by atoms with van der Waals surface area (Å²) < 4.78 is 6.10. The van der Waals surface area contributed by atoms with Gasteiger partial charge in [-0.1, -0.05) is 0 Å². The lowest BCUT2D eigenvalue weighted by molar-refractivity contribution is -0.0533. The number of nitrogens with zero attached hydrogens (tertiary/aromatic N) is 1. The first-order chi connectivity index (χ1) is 8.02. The molecule has 0 spiro atoms. The average molecular weight is 244 g/mol. The molecule has 8 nitrogen and oxygen atoms in total. The number of H-pyrrole nitrogens is 1. The monoisotopic (exact) mass is 244 g/mol. The summed E-state index contributed by atoms with van der Waals surface area (Å²) >= 11 is 0.